The molecule has 1 N–H and O–H groups in total. The second kappa shape index (κ2) is 5.74. The summed E-state index contributed by atoms with van der Waals surface area (Å²) >= 11 is 0. The monoisotopic (exact) mass is 286 g/mol. The molecule has 1 unspecified atom stereocenters. The van der Waals surface area contributed by atoms with Crippen molar-refractivity contribution in [3.63, 3.8) is 0 Å². The zero-order valence-corrected chi connectivity index (χ0v) is 12.0. The van der Waals surface area contributed by atoms with E-state index in [1.54, 1.807) is 13.0 Å². The van der Waals surface area contributed by atoms with Crippen molar-refractivity contribution in [2.45, 2.75) is 38.9 Å². The van der Waals surface area contributed by atoms with E-state index in [4.69, 9.17) is 14.3 Å². The zero-order chi connectivity index (χ0) is 14.8. The van der Waals surface area contributed by atoms with Gasteiger partial charge < -0.3 is 14.3 Å². The molecule has 1 heterocycles. The number of hydrogen-bond acceptors (Lipinski definition) is 3. The van der Waals surface area contributed by atoms with Gasteiger partial charge in [-0.3, -0.25) is 0 Å². The van der Waals surface area contributed by atoms with Gasteiger partial charge in [-0.25, -0.2) is 4.79 Å². The normalized spacial score (nSPS) is 17.5. The topological polar surface area (TPSA) is 59.7 Å². The molecule has 0 saturated heterocycles. The quantitative estimate of drug-likeness (QED) is 0.926. The highest BCUT2D eigenvalue weighted by molar-refractivity contribution is 5.88. The lowest BCUT2D eigenvalue weighted by atomic mass is 9.89. The predicted molar refractivity (Wildman–Crippen MR) is 77.3 cm³/mol. The van der Waals surface area contributed by atoms with Crippen LogP contribution in [-0.4, -0.2) is 11.1 Å². The number of furan rings is 1. The van der Waals surface area contributed by atoms with Crippen molar-refractivity contribution in [3.8, 4) is 0 Å². The standard InChI is InChI=1S/C17H18O4/c1-11-15(17(18)19)9-13(21-11)10-20-16-8-4-6-12-5-2-3-7-14(12)16/h2-3,5,7,9,16H,4,6,8,10H2,1H3,(H,18,19). The number of carboxylic acid groups (broad SMARTS) is 1. The number of benzene rings is 1. The van der Waals surface area contributed by atoms with E-state index in [9.17, 15) is 4.79 Å². The maximum Gasteiger partial charge on any atom is 0.339 e. The maximum absolute atomic E-state index is 11.0. The van der Waals surface area contributed by atoms with E-state index < -0.39 is 5.97 Å². The van der Waals surface area contributed by atoms with Gasteiger partial charge in [0.2, 0.25) is 0 Å². The Kier molecular flexibility index (Phi) is 3.80. The molecule has 0 bridgehead atoms. The van der Waals surface area contributed by atoms with Crippen LogP contribution in [0.2, 0.25) is 0 Å². The number of hydrogen-bond donors (Lipinski definition) is 1. The lowest BCUT2D eigenvalue weighted by Crippen LogP contribution is -2.12. The molecule has 4 heteroatoms. The maximum atomic E-state index is 11.0. The van der Waals surface area contributed by atoms with E-state index in [2.05, 4.69) is 18.2 Å². The molecule has 0 aliphatic heterocycles. The second-order valence-corrected chi connectivity index (χ2v) is 5.38. The molecular formula is C17H18O4. The first-order valence-electron chi connectivity index (χ1n) is 7.17. The summed E-state index contributed by atoms with van der Waals surface area (Å²) in [7, 11) is 0. The van der Waals surface area contributed by atoms with Gasteiger partial charge >= 0.3 is 5.97 Å². The molecule has 3 rings (SSSR count). The number of ether oxygens (including phenoxy) is 1. The third-order valence-electron chi connectivity index (χ3n) is 3.94. The Labute approximate surface area is 123 Å². The van der Waals surface area contributed by atoms with E-state index in [1.165, 1.54) is 11.1 Å². The molecule has 21 heavy (non-hydrogen) atoms. The first-order chi connectivity index (χ1) is 10.1. The van der Waals surface area contributed by atoms with Crippen LogP contribution in [0, 0.1) is 6.92 Å². The zero-order valence-electron chi connectivity index (χ0n) is 12.0. The Morgan fingerprint density at radius 2 is 2.24 bits per heavy atom. The van der Waals surface area contributed by atoms with Gasteiger partial charge in [0.1, 0.15) is 23.7 Å². The van der Waals surface area contributed by atoms with Gasteiger partial charge in [0.05, 0.1) is 6.10 Å². The summed E-state index contributed by atoms with van der Waals surface area (Å²) in [6, 6.07) is 9.88. The van der Waals surface area contributed by atoms with Gasteiger partial charge in [-0.15, -0.1) is 0 Å². The summed E-state index contributed by atoms with van der Waals surface area (Å²) in [6.45, 7) is 1.95. The number of carboxylic acids is 1. The highest BCUT2D eigenvalue weighted by atomic mass is 16.5. The predicted octanol–water partition coefficient (Wildman–Crippen LogP) is 3.88. The molecular weight excluding hydrogens is 268 g/mol. The van der Waals surface area contributed by atoms with E-state index in [-0.39, 0.29) is 11.7 Å². The van der Waals surface area contributed by atoms with Crippen LogP contribution in [-0.2, 0) is 17.8 Å². The molecule has 0 amide bonds. The minimum Gasteiger partial charge on any atom is -0.478 e. The molecule has 0 radical (unpaired) electrons. The van der Waals surface area contributed by atoms with Gasteiger partial charge in [0.15, 0.2) is 0 Å². The average molecular weight is 286 g/mol. The summed E-state index contributed by atoms with van der Waals surface area (Å²) in [5.74, 6) is 0.0172. The summed E-state index contributed by atoms with van der Waals surface area (Å²) in [4.78, 5) is 11.0. The van der Waals surface area contributed by atoms with Crippen molar-refractivity contribution >= 4 is 5.97 Å². The van der Waals surface area contributed by atoms with Gasteiger partial charge in [-0.05, 0) is 43.4 Å². The Bertz CT molecular complexity index is 657. The van der Waals surface area contributed by atoms with E-state index in [1.807, 2.05) is 6.07 Å². The summed E-state index contributed by atoms with van der Waals surface area (Å²) in [5.41, 5.74) is 2.79. The van der Waals surface area contributed by atoms with Gasteiger partial charge in [-0.2, -0.15) is 0 Å². The largest absolute Gasteiger partial charge is 0.478 e. The third-order valence-corrected chi connectivity index (χ3v) is 3.94. The number of fused-ring (bicyclic) bond motifs is 1. The molecule has 110 valence electrons. The van der Waals surface area contributed by atoms with Crippen LogP contribution in [0.25, 0.3) is 0 Å². The van der Waals surface area contributed by atoms with Gasteiger partial charge in [0, 0.05) is 0 Å². The van der Waals surface area contributed by atoms with Crippen LogP contribution >= 0.6 is 0 Å². The van der Waals surface area contributed by atoms with Crippen molar-refractivity contribution in [2.75, 3.05) is 0 Å². The van der Waals surface area contributed by atoms with Crippen LogP contribution in [0.1, 0.15) is 52.0 Å². The fourth-order valence-corrected chi connectivity index (χ4v) is 2.89. The van der Waals surface area contributed by atoms with E-state index in [0.717, 1.165) is 19.3 Å². The third kappa shape index (κ3) is 2.85. The Morgan fingerprint density at radius 3 is 3.00 bits per heavy atom. The second-order valence-electron chi connectivity index (χ2n) is 5.38. The van der Waals surface area contributed by atoms with Crippen molar-refractivity contribution in [2.24, 2.45) is 0 Å². The van der Waals surface area contributed by atoms with Crippen molar-refractivity contribution in [1.82, 2.24) is 0 Å². The number of aryl methyl sites for hydroxylation is 2. The van der Waals surface area contributed by atoms with Crippen LogP contribution < -0.4 is 0 Å². The summed E-state index contributed by atoms with van der Waals surface area (Å²) < 4.78 is 11.4. The first-order valence-corrected chi connectivity index (χ1v) is 7.17. The summed E-state index contributed by atoms with van der Waals surface area (Å²) in [5, 5.41) is 9.03. The number of carbonyl (C=O) groups is 1. The molecule has 0 spiro atoms. The molecule has 1 atom stereocenters. The molecule has 1 aliphatic rings. The molecule has 1 aliphatic carbocycles. The van der Waals surface area contributed by atoms with E-state index in [0.29, 0.717) is 18.1 Å². The number of aromatic carboxylic acids is 1. The van der Waals surface area contributed by atoms with Crippen LogP contribution in [0.3, 0.4) is 0 Å². The molecule has 1 aromatic carbocycles. The summed E-state index contributed by atoms with van der Waals surface area (Å²) in [6.07, 6.45) is 3.26. The minimum atomic E-state index is -0.967. The van der Waals surface area contributed by atoms with Crippen LogP contribution in [0.4, 0.5) is 0 Å². The van der Waals surface area contributed by atoms with Crippen molar-refractivity contribution in [3.05, 3.63) is 58.5 Å². The first kappa shape index (κ1) is 13.9. The van der Waals surface area contributed by atoms with Gasteiger partial charge in [0.25, 0.3) is 0 Å². The lowest BCUT2D eigenvalue weighted by Gasteiger charge is -2.25. The Hall–Kier alpha value is -2.07. The SMILES string of the molecule is Cc1oc(COC2CCCc3ccccc32)cc1C(=O)O. The smallest absolute Gasteiger partial charge is 0.339 e. The Balaban J connectivity index is 1.71. The molecule has 4 nitrogen and oxygen atoms in total. The molecule has 1 aromatic heterocycles. The number of rotatable bonds is 4. The lowest BCUT2D eigenvalue weighted by molar-refractivity contribution is 0.0189. The fourth-order valence-electron chi connectivity index (χ4n) is 2.89. The highest BCUT2D eigenvalue weighted by Crippen LogP contribution is 2.33. The van der Waals surface area contributed by atoms with Crippen LogP contribution in [0.15, 0.2) is 34.7 Å². The highest BCUT2D eigenvalue weighted by Gasteiger charge is 2.21. The average Bonchev–Trinajstić information content (AvgIpc) is 2.86. The van der Waals surface area contributed by atoms with Crippen molar-refractivity contribution in [1.29, 1.82) is 0 Å². The Morgan fingerprint density at radius 1 is 1.43 bits per heavy atom. The molecule has 0 saturated carbocycles. The molecule has 0 fully saturated rings. The van der Waals surface area contributed by atoms with E-state index >= 15 is 0 Å². The molecule has 2 aromatic rings. The minimum absolute atomic E-state index is 0.0636. The fraction of sp³-hybridized carbons (Fsp3) is 0.353. The van der Waals surface area contributed by atoms with Gasteiger partial charge in [-0.1, -0.05) is 24.3 Å². The van der Waals surface area contributed by atoms with Crippen molar-refractivity contribution < 1.29 is 19.1 Å². The van der Waals surface area contributed by atoms with Crippen LogP contribution in [0.5, 0.6) is 0 Å².